The normalized spacial score (nSPS) is 25.5. The Morgan fingerprint density at radius 3 is 2.91 bits per heavy atom. The highest BCUT2D eigenvalue weighted by molar-refractivity contribution is 5.94. The van der Waals surface area contributed by atoms with E-state index in [1.165, 1.54) is 19.4 Å². The van der Waals surface area contributed by atoms with Crippen LogP contribution in [0.1, 0.15) is 43.0 Å². The summed E-state index contributed by atoms with van der Waals surface area (Å²) < 4.78 is 1.81. The smallest absolute Gasteiger partial charge is 0.255 e. The molecule has 23 heavy (non-hydrogen) atoms. The second-order valence-electron chi connectivity index (χ2n) is 6.56. The van der Waals surface area contributed by atoms with E-state index in [9.17, 15) is 4.79 Å². The van der Waals surface area contributed by atoms with Crippen LogP contribution in [0.25, 0.3) is 5.65 Å². The zero-order valence-corrected chi connectivity index (χ0v) is 13.6. The highest BCUT2D eigenvalue weighted by atomic mass is 16.2. The van der Waals surface area contributed by atoms with Gasteiger partial charge in [0.15, 0.2) is 5.65 Å². The minimum atomic E-state index is 0.144. The lowest BCUT2D eigenvalue weighted by Gasteiger charge is -2.34. The first-order valence-corrected chi connectivity index (χ1v) is 8.62. The molecule has 122 valence electrons. The summed E-state index contributed by atoms with van der Waals surface area (Å²) in [5, 5.41) is 7.88. The van der Waals surface area contributed by atoms with Crippen LogP contribution in [0.5, 0.6) is 0 Å². The second kappa shape index (κ2) is 5.92. The van der Waals surface area contributed by atoms with Gasteiger partial charge in [-0.3, -0.25) is 14.1 Å². The molecule has 4 rings (SSSR count). The minimum absolute atomic E-state index is 0.144. The molecule has 2 aromatic heterocycles. The summed E-state index contributed by atoms with van der Waals surface area (Å²) >= 11 is 0. The van der Waals surface area contributed by atoms with E-state index in [4.69, 9.17) is 0 Å². The van der Waals surface area contributed by atoms with Crippen LogP contribution in [-0.4, -0.2) is 62.0 Å². The van der Waals surface area contributed by atoms with Crippen LogP contribution in [0.3, 0.4) is 0 Å². The summed E-state index contributed by atoms with van der Waals surface area (Å²) in [5.41, 5.74) is 1.50. The molecule has 0 aromatic carbocycles. The molecule has 0 unspecified atom stereocenters. The first-order chi connectivity index (χ1) is 11.3. The van der Waals surface area contributed by atoms with Gasteiger partial charge in [-0.15, -0.1) is 10.2 Å². The van der Waals surface area contributed by atoms with Gasteiger partial charge >= 0.3 is 0 Å². The predicted molar refractivity (Wildman–Crippen MR) is 87.3 cm³/mol. The van der Waals surface area contributed by atoms with E-state index in [1.807, 2.05) is 22.7 Å². The molecule has 0 saturated carbocycles. The van der Waals surface area contributed by atoms with Crippen molar-refractivity contribution in [2.24, 2.45) is 0 Å². The number of amides is 1. The Labute approximate surface area is 136 Å². The predicted octanol–water partition coefficient (Wildman–Crippen LogP) is 1.82. The Balaban J connectivity index is 1.59. The second-order valence-corrected chi connectivity index (χ2v) is 6.56. The van der Waals surface area contributed by atoms with E-state index in [2.05, 4.69) is 26.9 Å². The molecular weight excluding hydrogens is 290 g/mol. The van der Waals surface area contributed by atoms with E-state index in [-0.39, 0.29) is 5.91 Å². The van der Waals surface area contributed by atoms with Crippen molar-refractivity contribution in [1.82, 2.24) is 24.4 Å². The van der Waals surface area contributed by atoms with Gasteiger partial charge in [0.25, 0.3) is 5.91 Å². The van der Waals surface area contributed by atoms with Crippen LogP contribution in [0.15, 0.2) is 24.7 Å². The van der Waals surface area contributed by atoms with Crippen molar-refractivity contribution in [3.05, 3.63) is 30.2 Å². The standard InChI is InChI=1S/C17H23N5O/c1-2-20-9-3-5-14(20)15-6-4-10-22(15)17(23)13-7-8-16-19-18-12-21(16)11-13/h7-8,11-12,14-15H,2-6,9-10H2,1H3/t14-,15+/m0/s1. The van der Waals surface area contributed by atoms with E-state index >= 15 is 0 Å². The molecule has 2 atom stereocenters. The maximum atomic E-state index is 13.0. The molecule has 0 spiro atoms. The number of aromatic nitrogens is 3. The molecule has 0 aliphatic carbocycles. The van der Waals surface area contributed by atoms with Crippen molar-refractivity contribution in [2.45, 2.75) is 44.7 Å². The van der Waals surface area contributed by atoms with Crippen LogP contribution in [0.2, 0.25) is 0 Å². The molecule has 6 nitrogen and oxygen atoms in total. The van der Waals surface area contributed by atoms with Gasteiger partial charge in [0.05, 0.1) is 5.56 Å². The molecule has 0 N–H and O–H groups in total. The molecule has 2 aliphatic heterocycles. The number of hydrogen-bond donors (Lipinski definition) is 0. The van der Waals surface area contributed by atoms with E-state index in [0.717, 1.165) is 37.1 Å². The van der Waals surface area contributed by atoms with Crippen molar-refractivity contribution in [1.29, 1.82) is 0 Å². The van der Waals surface area contributed by atoms with Crippen LogP contribution < -0.4 is 0 Å². The summed E-state index contributed by atoms with van der Waals surface area (Å²) in [5.74, 6) is 0.144. The summed E-state index contributed by atoms with van der Waals surface area (Å²) in [6.45, 7) is 5.35. The number of carbonyl (C=O) groups excluding carboxylic acids is 1. The number of likely N-dealkylation sites (tertiary alicyclic amines) is 2. The fourth-order valence-corrected chi connectivity index (χ4v) is 4.24. The van der Waals surface area contributed by atoms with E-state index in [1.54, 1.807) is 6.33 Å². The lowest BCUT2D eigenvalue weighted by molar-refractivity contribution is 0.0649. The van der Waals surface area contributed by atoms with Gasteiger partial charge < -0.3 is 4.90 Å². The largest absolute Gasteiger partial charge is 0.334 e. The average Bonchev–Trinajstić information content (AvgIpc) is 3.30. The highest BCUT2D eigenvalue weighted by Gasteiger charge is 2.39. The molecule has 2 aromatic rings. The van der Waals surface area contributed by atoms with Crippen LogP contribution in [-0.2, 0) is 0 Å². The van der Waals surface area contributed by atoms with Crippen molar-refractivity contribution in [3.63, 3.8) is 0 Å². The van der Waals surface area contributed by atoms with E-state index in [0.29, 0.717) is 12.1 Å². The first-order valence-electron chi connectivity index (χ1n) is 8.62. The monoisotopic (exact) mass is 313 g/mol. The van der Waals surface area contributed by atoms with Crippen molar-refractivity contribution in [2.75, 3.05) is 19.6 Å². The van der Waals surface area contributed by atoms with Crippen LogP contribution in [0, 0.1) is 0 Å². The first kappa shape index (κ1) is 14.6. The van der Waals surface area contributed by atoms with E-state index < -0.39 is 0 Å². The third kappa shape index (κ3) is 2.51. The number of carbonyl (C=O) groups is 1. The maximum absolute atomic E-state index is 13.0. The Kier molecular flexibility index (Phi) is 3.77. The molecule has 2 saturated heterocycles. The lowest BCUT2D eigenvalue weighted by Crippen LogP contribution is -2.48. The SMILES string of the molecule is CCN1CCC[C@H]1[C@H]1CCCN1C(=O)c1ccc2nncn2c1. The van der Waals surface area contributed by atoms with Gasteiger partial charge in [-0.1, -0.05) is 6.92 Å². The number of pyridine rings is 1. The average molecular weight is 313 g/mol. The Bertz CT molecular complexity index is 712. The summed E-state index contributed by atoms with van der Waals surface area (Å²) in [4.78, 5) is 17.7. The van der Waals surface area contributed by atoms with Gasteiger partial charge in [-0.05, 0) is 50.9 Å². The molecule has 0 radical (unpaired) electrons. The molecule has 4 heterocycles. The third-order valence-corrected chi connectivity index (χ3v) is 5.36. The number of hydrogen-bond acceptors (Lipinski definition) is 4. The number of likely N-dealkylation sites (N-methyl/N-ethyl adjacent to an activating group) is 1. The van der Waals surface area contributed by atoms with Crippen LogP contribution >= 0.6 is 0 Å². The molecule has 2 aliphatic rings. The van der Waals surface area contributed by atoms with Gasteiger partial charge in [0.2, 0.25) is 0 Å². The Hall–Kier alpha value is -1.95. The molecule has 1 amide bonds. The molecule has 2 fully saturated rings. The number of rotatable bonds is 3. The zero-order chi connectivity index (χ0) is 15.8. The van der Waals surface area contributed by atoms with Gasteiger partial charge in [0, 0.05) is 24.8 Å². The summed E-state index contributed by atoms with van der Waals surface area (Å²) in [7, 11) is 0. The van der Waals surface area contributed by atoms with Crippen molar-refractivity contribution in [3.8, 4) is 0 Å². The van der Waals surface area contributed by atoms with Crippen molar-refractivity contribution < 1.29 is 4.79 Å². The zero-order valence-electron chi connectivity index (χ0n) is 13.6. The van der Waals surface area contributed by atoms with Gasteiger partial charge in [-0.25, -0.2) is 0 Å². The third-order valence-electron chi connectivity index (χ3n) is 5.36. The molecule has 6 heteroatoms. The van der Waals surface area contributed by atoms with Gasteiger partial charge in [0.1, 0.15) is 6.33 Å². The fourth-order valence-electron chi connectivity index (χ4n) is 4.24. The van der Waals surface area contributed by atoms with Crippen LogP contribution in [0.4, 0.5) is 0 Å². The number of nitrogens with zero attached hydrogens (tertiary/aromatic N) is 5. The lowest BCUT2D eigenvalue weighted by atomic mass is 10.0. The summed E-state index contributed by atoms with van der Waals surface area (Å²) in [6.07, 6.45) is 8.19. The molecule has 0 bridgehead atoms. The van der Waals surface area contributed by atoms with Crippen molar-refractivity contribution >= 4 is 11.6 Å². The van der Waals surface area contributed by atoms with Gasteiger partial charge in [-0.2, -0.15) is 0 Å². The maximum Gasteiger partial charge on any atom is 0.255 e. The highest BCUT2D eigenvalue weighted by Crippen LogP contribution is 2.30. The summed E-state index contributed by atoms with van der Waals surface area (Å²) in [6, 6.07) is 4.62. The topological polar surface area (TPSA) is 53.7 Å². The Morgan fingerprint density at radius 1 is 1.22 bits per heavy atom. The minimum Gasteiger partial charge on any atom is -0.334 e. The number of fused-ring (bicyclic) bond motifs is 1. The Morgan fingerprint density at radius 2 is 2.04 bits per heavy atom. The quantitative estimate of drug-likeness (QED) is 0.867. The fraction of sp³-hybridized carbons (Fsp3) is 0.588. The molecular formula is C17H23N5O.